The number of allylic oxidation sites excluding steroid dienone is 4. The zero-order valence-electron chi connectivity index (χ0n) is 21.7. The highest BCUT2D eigenvalue weighted by Gasteiger charge is 2.02. The Kier molecular flexibility index (Phi) is 27.8. The zero-order chi connectivity index (χ0) is 23.4. The lowest BCUT2D eigenvalue weighted by atomic mass is 10.1. The Morgan fingerprint density at radius 2 is 0.969 bits per heavy atom. The van der Waals surface area contributed by atoms with Crippen molar-refractivity contribution in [3.8, 4) is 0 Å². The molecule has 0 radical (unpaired) electrons. The van der Waals surface area contributed by atoms with Crippen LogP contribution in [0.3, 0.4) is 0 Å². The molecule has 0 rings (SSSR count). The zero-order valence-corrected chi connectivity index (χ0v) is 21.7. The van der Waals surface area contributed by atoms with Crippen molar-refractivity contribution in [2.75, 3.05) is 26.9 Å². The SMILES string of the molecule is CCCCCCC=CCCCCCCCCCCC=CCCCCCOC[C@@H](O)COC. The quantitative estimate of drug-likeness (QED) is 0.105. The van der Waals surface area contributed by atoms with E-state index in [-0.39, 0.29) is 0 Å². The van der Waals surface area contributed by atoms with E-state index in [4.69, 9.17) is 9.47 Å². The topological polar surface area (TPSA) is 38.7 Å². The van der Waals surface area contributed by atoms with Gasteiger partial charge in [0.15, 0.2) is 0 Å². The standard InChI is InChI=1S/C29H56O3/c1-3-4-5-6-7-8-9-10-11-12-13-14-15-16-17-18-19-20-21-22-23-24-25-26-32-28-29(30)27-31-2/h8-9,20-21,29-30H,3-7,10-19,22-28H2,1-2H3/t29-/m0/s1. The molecule has 3 nitrogen and oxygen atoms in total. The molecule has 0 saturated carbocycles. The van der Waals surface area contributed by atoms with Crippen molar-refractivity contribution in [1.29, 1.82) is 0 Å². The van der Waals surface area contributed by atoms with Crippen LogP contribution in [0.2, 0.25) is 0 Å². The van der Waals surface area contributed by atoms with E-state index in [2.05, 4.69) is 31.2 Å². The lowest BCUT2D eigenvalue weighted by Gasteiger charge is -2.09. The summed E-state index contributed by atoms with van der Waals surface area (Å²) in [5.41, 5.74) is 0. The summed E-state index contributed by atoms with van der Waals surface area (Å²) < 4.78 is 10.3. The molecule has 0 fully saturated rings. The molecule has 3 heteroatoms. The Bertz CT molecular complexity index is 392. The molecule has 32 heavy (non-hydrogen) atoms. The predicted octanol–water partition coefficient (Wildman–Crippen LogP) is 8.55. The molecule has 1 N–H and O–H groups in total. The molecular weight excluding hydrogens is 396 g/mol. The van der Waals surface area contributed by atoms with Crippen molar-refractivity contribution in [3.05, 3.63) is 24.3 Å². The molecule has 0 aromatic heterocycles. The Balaban J connectivity index is 3.15. The van der Waals surface area contributed by atoms with Gasteiger partial charge in [-0.25, -0.2) is 0 Å². The summed E-state index contributed by atoms with van der Waals surface area (Å²) in [6.07, 6.45) is 34.2. The highest BCUT2D eigenvalue weighted by molar-refractivity contribution is 4.82. The van der Waals surface area contributed by atoms with Crippen molar-refractivity contribution in [1.82, 2.24) is 0 Å². The van der Waals surface area contributed by atoms with E-state index in [0.29, 0.717) is 13.2 Å². The Hall–Kier alpha value is -0.640. The number of aliphatic hydroxyl groups excluding tert-OH is 1. The number of rotatable bonds is 26. The molecule has 0 aliphatic rings. The third kappa shape index (κ3) is 27.4. The van der Waals surface area contributed by atoms with Crippen LogP contribution in [0.25, 0.3) is 0 Å². The van der Waals surface area contributed by atoms with Crippen LogP contribution in [0.5, 0.6) is 0 Å². The number of aliphatic hydroxyl groups is 1. The van der Waals surface area contributed by atoms with Crippen LogP contribution in [0.4, 0.5) is 0 Å². The molecule has 0 aliphatic carbocycles. The lowest BCUT2D eigenvalue weighted by Crippen LogP contribution is -2.21. The second-order valence-corrected chi connectivity index (χ2v) is 9.23. The molecular formula is C29H56O3. The first-order valence-corrected chi connectivity index (χ1v) is 13.9. The van der Waals surface area contributed by atoms with Gasteiger partial charge in [0.25, 0.3) is 0 Å². The van der Waals surface area contributed by atoms with Crippen molar-refractivity contribution in [3.63, 3.8) is 0 Å². The minimum atomic E-state index is -0.495. The van der Waals surface area contributed by atoms with Crippen molar-refractivity contribution >= 4 is 0 Å². The van der Waals surface area contributed by atoms with E-state index < -0.39 is 6.10 Å². The van der Waals surface area contributed by atoms with Gasteiger partial charge in [-0.05, 0) is 57.8 Å². The third-order valence-corrected chi connectivity index (χ3v) is 5.88. The Morgan fingerprint density at radius 3 is 1.41 bits per heavy atom. The number of unbranched alkanes of at least 4 members (excludes halogenated alkanes) is 16. The van der Waals surface area contributed by atoms with E-state index >= 15 is 0 Å². The molecule has 0 unspecified atom stereocenters. The summed E-state index contributed by atoms with van der Waals surface area (Å²) in [7, 11) is 1.59. The van der Waals surface area contributed by atoms with Gasteiger partial charge in [-0.1, -0.05) is 95.4 Å². The minimum Gasteiger partial charge on any atom is -0.388 e. The molecule has 0 saturated heterocycles. The maximum Gasteiger partial charge on any atom is 0.101 e. The molecule has 0 spiro atoms. The Morgan fingerprint density at radius 1 is 0.562 bits per heavy atom. The van der Waals surface area contributed by atoms with Gasteiger partial charge in [0.2, 0.25) is 0 Å². The number of hydrogen-bond acceptors (Lipinski definition) is 3. The van der Waals surface area contributed by atoms with Gasteiger partial charge >= 0.3 is 0 Å². The molecule has 0 aromatic rings. The van der Waals surface area contributed by atoms with E-state index in [9.17, 15) is 5.11 Å². The first-order valence-electron chi connectivity index (χ1n) is 13.9. The minimum absolute atomic E-state index is 0.349. The highest BCUT2D eigenvalue weighted by atomic mass is 16.5. The first-order chi connectivity index (χ1) is 15.8. The smallest absolute Gasteiger partial charge is 0.101 e. The van der Waals surface area contributed by atoms with E-state index in [1.807, 2.05) is 0 Å². The fraction of sp³-hybridized carbons (Fsp3) is 0.862. The third-order valence-electron chi connectivity index (χ3n) is 5.88. The highest BCUT2D eigenvalue weighted by Crippen LogP contribution is 2.12. The van der Waals surface area contributed by atoms with Gasteiger partial charge in [-0.15, -0.1) is 0 Å². The number of hydrogen-bond donors (Lipinski definition) is 1. The van der Waals surface area contributed by atoms with Crippen LogP contribution in [-0.4, -0.2) is 38.1 Å². The summed E-state index contributed by atoms with van der Waals surface area (Å²) in [6, 6.07) is 0. The molecule has 0 amide bonds. The van der Waals surface area contributed by atoms with E-state index in [1.165, 1.54) is 116 Å². The van der Waals surface area contributed by atoms with Gasteiger partial charge in [-0.2, -0.15) is 0 Å². The summed E-state index contributed by atoms with van der Waals surface area (Å²) in [4.78, 5) is 0. The van der Waals surface area contributed by atoms with Gasteiger partial charge in [0.05, 0.1) is 13.2 Å². The van der Waals surface area contributed by atoms with Crippen LogP contribution in [-0.2, 0) is 9.47 Å². The van der Waals surface area contributed by atoms with Gasteiger partial charge < -0.3 is 14.6 Å². The average Bonchev–Trinajstić information content (AvgIpc) is 2.79. The Labute approximate surface area is 201 Å². The molecule has 190 valence electrons. The van der Waals surface area contributed by atoms with Crippen LogP contribution in [0.1, 0.15) is 129 Å². The number of methoxy groups -OCH3 is 1. The predicted molar refractivity (Wildman–Crippen MR) is 140 cm³/mol. The van der Waals surface area contributed by atoms with Crippen LogP contribution in [0.15, 0.2) is 24.3 Å². The fourth-order valence-corrected chi connectivity index (χ4v) is 3.85. The average molecular weight is 453 g/mol. The summed E-state index contributed by atoms with van der Waals surface area (Å²) in [6.45, 7) is 3.74. The maximum atomic E-state index is 9.47. The fourth-order valence-electron chi connectivity index (χ4n) is 3.85. The van der Waals surface area contributed by atoms with Crippen LogP contribution >= 0.6 is 0 Å². The first kappa shape index (κ1) is 31.4. The van der Waals surface area contributed by atoms with Gasteiger partial charge in [-0.3, -0.25) is 0 Å². The molecule has 0 aliphatic heterocycles. The second-order valence-electron chi connectivity index (χ2n) is 9.23. The summed E-state index contributed by atoms with van der Waals surface area (Å²) >= 11 is 0. The van der Waals surface area contributed by atoms with Crippen LogP contribution in [0, 0.1) is 0 Å². The molecule has 1 atom stereocenters. The number of ether oxygens (including phenoxy) is 2. The van der Waals surface area contributed by atoms with Crippen molar-refractivity contribution in [2.45, 2.75) is 135 Å². The molecule has 0 bridgehead atoms. The van der Waals surface area contributed by atoms with Crippen molar-refractivity contribution < 1.29 is 14.6 Å². The summed E-state index contributed by atoms with van der Waals surface area (Å²) in [5.74, 6) is 0. The van der Waals surface area contributed by atoms with Gasteiger partial charge in [0, 0.05) is 13.7 Å². The van der Waals surface area contributed by atoms with E-state index in [1.54, 1.807) is 7.11 Å². The summed E-state index contributed by atoms with van der Waals surface area (Å²) in [5, 5.41) is 9.47. The maximum absolute atomic E-state index is 9.47. The van der Waals surface area contributed by atoms with Gasteiger partial charge in [0.1, 0.15) is 6.10 Å². The van der Waals surface area contributed by atoms with E-state index in [0.717, 1.165) is 13.0 Å². The monoisotopic (exact) mass is 452 g/mol. The molecule has 0 aromatic carbocycles. The normalized spacial score (nSPS) is 13.0. The molecule has 0 heterocycles. The second kappa shape index (κ2) is 28.4. The van der Waals surface area contributed by atoms with Crippen molar-refractivity contribution in [2.24, 2.45) is 0 Å². The van der Waals surface area contributed by atoms with Crippen LogP contribution < -0.4 is 0 Å². The lowest BCUT2D eigenvalue weighted by molar-refractivity contribution is -0.00681. The largest absolute Gasteiger partial charge is 0.388 e.